The van der Waals surface area contributed by atoms with E-state index in [4.69, 9.17) is 4.42 Å². The molecule has 10 aromatic carbocycles. The van der Waals surface area contributed by atoms with Gasteiger partial charge >= 0.3 is 0 Å². The normalized spacial score (nSPS) is 11.9. The van der Waals surface area contributed by atoms with Crippen molar-refractivity contribution in [2.45, 2.75) is 0 Å². The van der Waals surface area contributed by atoms with Crippen LogP contribution in [0.1, 0.15) is 0 Å². The van der Waals surface area contributed by atoms with E-state index in [9.17, 15) is 0 Å². The number of nitrogens with zero attached hydrogens (tertiary/aromatic N) is 2. The smallest absolute Gasteiger partial charge is 0.143 e. The molecule has 0 unspecified atom stereocenters. The molecular weight excluding hydrogens is 773 g/mol. The van der Waals surface area contributed by atoms with Gasteiger partial charge in [-0.25, -0.2) is 0 Å². The van der Waals surface area contributed by atoms with Gasteiger partial charge in [0.15, 0.2) is 0 Å². The van der Waals surface area contributed by atoms with Gasteiger partial charge in [-0.15, -0.1) is 11.3 Å². The second-order valence-electron chi connectivity index (χ2n) is 16.0. The average molecular weight is 809 g/mol. The Morgan fingerprint density at radius 1 is 0.403 bits per heavy atom. The van der Waals surface area contributed by atoms with Crippen LogP contribution in [0.15, 0.2) is 223 Å². The molecule has 290 valence electrons. The molecule has 0 N–H and O–H groups in total. The maximum absolute atomic E-state index is 6.80. The number of para-hydroxylation sites is 3. The summed E-state index contributed by atoms with van der Waals surface area (Å²) >= 11 is 1.86. The first-order chi connectivity index (χ1) is 30.7. The van der Waals surface area contributed by atoms with Crippen LogP contribution in [0.4, 0.5) is 17.1 Å². The van der Waals surface area contributed by atoms with Gasteiger partial charge in [0.1, 0.15) is 11.2 Å². The molecule has 0 aliphatic carbocycles. The molecular formula is C58H36N2OS. The Balaban J connectivity index is 1.04. The van der Waals surface area contributed by atoms with Crippen molar-refractivity contribution in [3.63, 3.8) is 0 Å². The number of furan rings is 1. The zero-order valence-corrected chi connectivity index (χ0v) is 34.3. The van der Waals surface area contributed by atoms with Crippen LogP contribution in [-0.2, 0) is 0 Å². The van der Waals surface area contributed by atoms with Gasteiger partial charge in [-0.1, -0.05) is 140 Å². The van der Waals surface area contributed by atoms with Crippen molar-refractivity contribution in [3.05, 3.63) is 218 Å². The van der Waals surface area contributed by atoms with Gasteiger partial charge in [0.2, 0.25) is 0 Å². The molecule has 3 heterocycles. The molecule has 0 spiro atoms. The van der Waals surface area contributed by atoms with Crippen LogP contribution in [0.2, 0.25) is 0 Å². The second kappa shape index (κ2) is 13.8. The Bertz CT molecular complexity index is 3890. The quantitative estimate of drug-likeness (QED) is 0.167. The monoisotopic (exact) mass is 808 g/mol. The zero-order chi connectivity index (χ0) is 40.7. The lowest BCUT2D eigenvalue weighted by Crippen LogP contribution is -2.11. The molecule has 62 heavy (non-hydrogen) atoms. The maximum atomic E-state index is 6.80. The SMILES string of the molecule is c1ccc(-n2c3ccccc3c3cc(-c4cccc(N(c5ccccc5-c5ccc6c(c5)sc5ccccc56)c5cccc6oc7c8ccccc8ccc7c56)c4)ccc32)cc1. The topological polar surface area (TPSA) is 21.3 Å². The molecule has 13 rings (SSSR count). The summed E-state index contributed by atoms with van der Waals surface area (Å²) in [5, 5.41) is 9.53. The summed E-state index contributed by atoms with van der Waals surface area (Å²) in [6, 6.07) is 79.2. The predicted molar refractivity (Wildman–Crippen MR) is 264 cm³/mol. The molecule has 4 heteroatoms. The molecule has 0 amide bonds. The van der Waals surface area contributed by atoms with E-state index >= 15 is 0 Å². The van der Waals surface area contributed by atoms with Crippen LogP contribution in [0.3, 0.4) is 0 Å². The van der Waals surface area contributed by atoms with Crippen molar-refractivity contribution in [2.75, 3.05) is 4.90 Å². The third kappa shape index (κ3) is 5.37. The molecule has 0 saturated carbocycles. The van der Waals surface area contributed by atoms with Crippen molar-refractivity contribution in [1.29, 1.82) is 0 Å². The molecule has 0 saturated heterocycles. The fourth-order valence-electron chi connectivity index (χ4n) is 9.77. The molecule has 3 nitrogen and oxygen atoms in total. The van der Waals surface area contributed by atoms with Crippen LogP contribution in [-0.4, -0.2) is 4.57 Å². The van der Waals surface area contributed by atoms with E-state index in [1.807, 2.05) is 11.3 Å². The van der Waals surface area contributed by atoms with Crippen molar-refractivity contribution in [2.24, 2.45) is 0 Å². The third-order valence-corrected chi connectivity index (χ3v) is 13.7. The lowest BCUT2D eigenvalue weighted by atomic mass is 9.98. The minimum absolute atomic E-state index is 0.861. The summed E-state index contributed by atoms with van der Waals surface area (Å²) < 4.78 is 11.8. The van der Waals surface area contributed by atoms with Crippen LogP contribution in [0.5, 0.6) is 0 Å². The van der Waals surface area contributed by atoms with Crippen LogP contribution >= 0.6 is 11.3 Å². The highest BCUT2D eigenvalue weighted by molar-refractivity contribution is 7.25. The number of fused-ring (bicyclic) bond motifs is 11. The number of hydrogen-bond acceptors (Lipinski definition) is 3. The zero-order valence-electron chi connectivity index (χ0n) is 33.5. The molecule has 0 radical (unpaired) electrons. The van der Waals surface area contributed by atoms with E-state index in [1.165, 1.54) is 47.5 Å². The summed E-state index contributed by atoms with van der Waals surface area (Å²) in [6.45, 7) is 0. The van der Waals surface area contributed by atoms with E-state index < -0.39 is 0 Å². The average Bonchev–Trinajstić information content (AvgIpc) is 4.02. The summed E-state index contributed by atoms with van der Waals surface area (Å²) in [5.74, 6) is 0. The van der Waals surface area contributed by atoms with E-state index in [0.717, 1.165) is 72.2 Å². The van der Waals surface area contributed by atoms with Gasteiger partial charge in [-0.2, -0.15) is 0 Å². The summed E-state index contributed by atoms with van der Waals surface area (Å²) in [4.78, 5) is 2.44. The lowest BCUT2D eigenvalue weighted by molar-refractivity contribution is 0.672. The maximum Gasteiger partial charge on any atom is 0.143 e. The molecule has 0 bridgehead atoms. The summed E-state index contributed by atoms with van der Waals surface area (Å²) in [7, 11) is 0. The Morgan fingerprint density at radius 3 is 2.03 bits per heavy atom. The number of rotatable bonds is 6. The number of thiophene rings is 1. The highest BCUT2D eigenvalue weighted by atomic mass is 32.1. The first-order valence-electron chi connectivity index (χ1n) is 21.1. The van der Waals surface area contributed by atoms with Gasteiger partial charge in [0, 0.05) is 58.7 Å². The van der Waals surface area contributed by atoms with E-state index in [-0.39, 0.29) is 0 Å². The fourth-order valence-corrected chi connectivity index (χ4v) is 10.9. The largest absolute Gasteiger partial charge is 0.455 e. The Morgan fingerprint density at radius 2 is 1.10 bits per heavy atom. The number of benzene rings is 10. The van der Waals surface area contributed by atoms with Crippen molar-refractivity contribution >= 4 is 103 Å². The van der Waals surface area contributed by atoms with E-state index in [0.29, 0.717) is 0 Å². The number of anilines is 3. The lowest BCUT2D eigenvalue weighted by Gasteiger charge is -2.29. The molecule has 0 aliphatic heterocycles. The number of aromatic nitrogens is 1. The first-order valence-corrected chi connectivity index (χ1v) is 21.9. The molecule has 13 aromatic rings. The fraction of sp³-hybridized carbons (Fsp3) is 0. The highest BCUT2D eigenvalue weighted by Gasteiger charge is 2.23. The highest BCUT2D eigenvalue weighted by Crippen LogP contribution is 2.48. The molecule has 0 fully saturated rings. The van der Waals surface area contributed by atoms with Gasteiger partial charge in [-0.3, -0.25) is 0 Å². The standard InChI is InChI=1S/C58H36N2OS/c1-2-16-41(17-3-1)59-51-24-10-7-21-45(51)49-35-39(30-33-52(49)59)38-15-12-18-42(34-38)60(53-25-13-26-54-57(53)48-32-28-37-14-4-5-20-44(37)58(48)61-54)50-23-9-6-19-43(50)40-29-31-47-46-22-8-11-27-55(46)62-56(47)36-40/h1-36H. The van der Waals surface area contributed by atoms with E-state index in [1.54, 1.807) is 0 Å². The van der Waals surface area contributed by atoms with Crippen molar-refractivity contribution < 1.29 is 4.42 Å². The molecule has 0 aliphatic rings. The first kappa shape index (κ1) is 34.9. The van der Waals surface area contributed by atoms with Crippen LogP contribution in [0, 0.1) is 0 Å². The van der Waals surface area contributed by atoms with E-state index in [2.05, 4.69) is 228 Å². The molecule has 3 aromatic heterocycles. The van der Waals surface area contributed by atoms with Gasteiger partial charge in [0.25, 0.3) is 0 Å². The third-order valence-electron chi connectivity index (χ3n) is 12.6. The van der Waals surface area contributed by atoms with Crippen LogP contribution in [0.25, 0.3) is 103 Å². The summed E-state index contributed by atoms with van der Waals surface area (Å²) in [6.07, 6.45) is 0. The van der Waals surface area contributed by atoms with Crippen molar-refractivity contribution in [3.8, 4) is 27.9 Å². The summed E-state index contributed by atoms with van der Waals surface area (Å²) in [5.41, 5.74) is 13.2. The van der Waals surface area contributed by atoms with Crippen molar-refractivity contribution in [1.82, 2.24) is 4.57 Å². The predicted octanol–water partition coefficient (Wildman–Crippen LogP) is 17.0. The van der Waals surface area contributed by atoms with Gasteiger partial charge in [0.05, 0.1) is 27.8 Å². The Hall–Kier alpha value is -7.92. The number of hydrogen-bond donors (Lipinski definition) is 0. The van der Waals surface area contributed by atoms with Gasteiger partial charge in [-0.05, 0) is 101 Å². The van der Waals surface area contributed by atoms with Crippen LogP contribution < -0.4 is 4.90 Å². The molecule has 0 atom stereocenters. The minimum atomic E-state index is 0.861. The van der Waals surface area contributed by atoms with Gasteiger partial charge < -0.3 is 13.9 Å². The Labute approximate surface area is 361 Å². The minimum Gasteiger partial charge on any atom is -0.455 e. The second-order valence-corrected chi connectivity index (χ2v) is 17.1. The Kier molecular flexibility index (Phi) is 7.78.